The van der Waals surface area contributed by atoms with Gasteiger partial charge in [-0.3, -0.25) is 4.79 Å². The van der Waals surface area contributed by atoms with Crippen LogP contribution in [-0.4, -0.2) is 35.7 Å². The summed E-state index contributed by atoms with van der Waals surface area (Å²) in [5.74, 6) is -2.52. The fraction of sp³-hybridized carbons (Fsp3) is 0.348. The van der Waals surface area contributed by atoms with Crippen molar-refractivity contribution in [2.24, 2.45) is 0 Å². The molecule has 0 saturated carbocycles. The second-order valence-electron chi connectivity index (χ2n) is 7.76. The van der Waals surface area contributed by atoms with E-state index in [9.17, 15) is 14.4 Å². The number of hydrogen-bond donors (Lipinski definition) is 1. The van der Waals surface area contributed by atoms with Gasteiger partial charge in [-0.05, 0) is 45.4 Å². The van der Waals surface area contributed by atoms with Crippen molar-refractivity contribution in [2.75, 3.05) is 6.61 Å². The van der Waals surface area contributed by atoms with Gasteiger partial charge >= 0.3 is 12.1 Å². The quantitative estimate of drug-likeness (QED) is 0.326. The third-order valence-corrected chi connectivity index (χ3v) is 4.73. The highest BCUT2D eigenvalue weighted by molar-refractivity contribution is 9.10. The summed E-state index contributed by atoms with van der Waals surface area (Å²) in [6.07, 6.45) is -0.979. The van der Waals surface area contributed by atoms with E-state index in [-0.39, 0.29) is 17.7 Å². The summed E-state index contributed by atoms with van der Waals surface area (Å²) in [5.41, 5.74) is -3.96. The zero-order chi connectivity index (χ0) is 23.2. The average molecular weight is 494 g/mol. The largest absolute Gasteiger partial charge is 0.463 e. The van der Waals surface area contributed by atoms with Gasteiger partial charge in [0, 0.05) is 10.0 Å². The number of esters is 1. The Morgan fingerprint density at radius 1 is 1.03 bits per heavy atom. The van der Waals surface area contributed by atoms with Gasteiger partial charge in [0.05, 0.1) is 6.61 Å². The number of alkyl halides is 1. The number of halogens is 2. The molecule has 0 bridgehead atoms. The maximum atomic E-state index is 16.6. The highest BCUT2D eigenvalue weighted by atomic mass is 79.9. The molecule has 0 aliphatic heterocycles. The minimum absolute atomic E-state index is 0.0360. The van der Waals surface area contributed by atoms with Gasteiger partial charge in [0.25, 0.3) is 5.67 Å². The second kappa shape index (κ2) is 10.0. The number of ketones is 1. The van der Waals surface area contributed by atoms with Crippen molar-refractivity contribution in [3.05, 3.63) is 70.2 Å². The molecule has 2 atom stereocenters. The molecule has 6 nitrogen and oxygen atoms in total. The van der Waals surface area contributed by atoms with E-state index in [4.69, 9.17) is 9.47 Å². The monoisotopic (exact) mass is 493 g/mol. The molecule has 0 saturated heterocycles. The van der Waals surface area contributed by atoms with E-state index in [1.165, 1.54) is 31.2 Å². The van der Waals surface area contributed by atoms with Crippen LogP contribution in [0.5, 0.6) is 0 Å². The number of nitrogens with one attached hydrogen (secondary N) is 1. The Labute approximate surface area is 189 Å². The van der Waals surface area contributed by atoms with E-state index in [1.807, 2.05) is 0 Å². The summed E-state index contributed by atoms with van der Waals surface area (Å²) in [7, 11) is 0. The van der Waals surface area contributed by atoms with Gasteiger partial charge in [-0.25, -0.2) is 14.0 Å². The van der Waals surface area contributed by atoms with E-state index >= 15 is 4.39 Å². The van der Waals surface area contributed by atoms with Crippen molar-refractivity contribution in [1.29, 1.82) is 0 Å². The normalized spacial score (nSPS) is 14.1. The molecule has 2 aromatic rings. The number of carbonyl (C=O) groups excluding carboxylic acids is 3. The van der Waals surface area contributed by atoms with Gasteiger partial charge in [0.1, 0.15) is 11.6 Å². The standard InChI is InChI=1S/C23H25BrFNO5/c1-5-30-20(28)23(25,19(27)16-9-7-6-8-10-16)18(15-11-13-17(24)14-12-15)26-21(29)31-22(2,3)4/h6-14,18H,5H2,1-4H3,(H,26,29)/t18-,23-/m0/s1. The van der Waals surface area contributed by atoms with Crippen LogP contribution in [0.1, 0.15) is 49.7 Å². The number of amides is 1. The van der Waals surface area contributed by atoms with Crippen molar-refractivity contribution >= 4 is 33.8 Å². The van der Waals surface area contributed by atoms with Crippen LogP contribution < -0.4 is 5.32 Å². The lowest BCUT2D eigenvalue weighted by Gasteiger charge is -2.32. The molecule has 0 unspecified atom stereocenters. The van der Waals surface area contributed by atoms with Crippen molar-refractivity contribution in [3.63, 3.8) is 0 Å². The van der Waals surface area contributed by atoms with Gasteiger partial charge in [-0.15, -0.1) is 0 Å². The molecule has 31 heavy (non-hydrogen) atoms. The van der Waals surface area contributed by atoms with Crippen molar-refractivity contribution in [1.82, 2.24) is 5.32 Å². The Morgan fingerprint density at radius 3 is 2.13 bits per heavy atom. The summed E-state index contributed by atoms with van der Waals surface area (Å²) >= 11 is 3.29. The first-order chi connectivity index (χ1) is 14.5. The summed E-state index contributed by atoms with van der Waals surface area (Å²) in [6.45, 7) is 6.28. The zero-order valence-electron chi connectivity index (χ0n) is 17.8. The van der Waals surface area contributed by atoms with Gasteiger partial charge in [0.15, 0.2) is 0 Å². The van der Waals surface area contributed by atoms with Gasteiger partial charge in [-0.2, -0.15) is 0 Å². The maximum Gasteiger partial charge on any atom is 0.408 e. The van der Waals surface area contributed by atoms with E-state index in [0.717, 1.165) is 0 Å². The number of Topliss-reactive ketones (excluding diaryl/α,β-unsaturated/α-hetero) is 1. The lowest BCUT2D eigenvalue weighted by atomic mass is 9.83. The molecule has 166 valence electrons. The Hall–Kier alpha value is -2.74. The van der Waals surface area contributed by atoms with Crippen LogP contribution in [0, 0.1) is 0 Å². The Bertz CT molecular complexity index is 927. The molecule has 2 rings (SSSR count). The topological polar surface area (TPSA) is 81.7 Å². The highest BCUT2D eigenvalue weighted by Crippen LogP contribution is 2.35. The van der Waals surface area contributed by atoms with Crippen LogP contribution in [0.3, 0.4) is 0 Å². The van der Waals surface area contributed by atoms with Crippen LogP contribution in [-0.2, 0) is 14.3 Å². The lowest BCUT2D eigenvalue weighted by molar-refractivity contribution is -0.155. The van der Waals surface area contributed by atoms with Gasteiger partial charge < -0.3 is 14.8 Å². The van der Waals surface area contributed by atoms with E-state index < -0.39 is 35.2 Å². The minimum Gasteiger partial charge on any atom is -0.463 e. The molecule has 0 radical (unpaired) electrons. The van der Waals surface area contributed by atoms with Crippen LogP contribution in [0.15, 0.2) is 59.1 Å². The highest BCUT2D eigenvalue weighted by Gasteiger charge is 2.56. The van der Waals surface area contributed by atoms with Crippen molar-refractivity contribution in [3.8, 4) is 0 Å². The number of carbonyl (C=O) groups is 3. The van der Waals surface area contributed by atoms with Crippen molar-refractivity contribution < 1.29 is 28.2 Å². The molecule has 0 fully saturated rings. The number of ether oxygens (including phenoxy) is 2. The van der Waals surface area contributed by atoms with Gasteiger partial charge in [0.2, 0.25) is 5.78 Å². The Morgan fingerprint density at radius 2 is 1.61 bits per heavy atom. The summed E-state index contributed by atoms with van der Waals surface area (Å²) < 4.78 is 27.5. The smallest absolute Gasteiger partial charge is 0.408 e. The van der Waals surface area contributed by atoms with E-state index in [1.54, 1.807) is 51.1 Å². The molecular formula is C23H25BrFNO5. The van der Waals surface area contributed by atoms with E-state index in [0.29, 0.717) is 4.47 Å². The molecule has 0 aliphatic carbocycles. The predicted molar refractivity (Wildman–Crippen MR) is 117 cm³/mol. The number of alkyl carbamates (subject to hydrolysis) is 1. The molecule has 8 heteroatoms. The molecule has 0 heterocycles. The molecule has 1 amide bonds. The SMILES string of the molecule is CCOC(=O)[C@@](F)(C(=O)c1ccccc1)[C@@H](NC(=O)OC(C)(C)C)c1ccc(Br)cc1. The van der Waals surface area contributed by atoms with Crippen LogP contribution in [0.4, 0.5) is 9.18 Å². The van der Waals surface area contributed by atoms with E-state index in [2.05, 4.69) is 21.2 Å². The predicted octanol–water partition coefficient (Wildman–Crippen LogP) is 5.17. The molecule has 0 aromatic heterocycles. The summed E-state index contributed by atoms with van der Waals surface area (Å²) in [5, 5.41) is 2.37. The third-order valence-electron chi connectivity index (χ3n) is 4.20. The third kappa shape index (κ3) is 6.13. The minimum atomic E-state index is -3.23. The Kier molecular flexibility index (Phi) is 7.95. The second-order valence-corrected chi connectivity index (χ2v) is 8.67. The molecule has 0 aliphatic rings. The van der Waals surface area contributed by atoms with Crippen LogP contribution in [0.2, 0.25) is 0 Å². The fourth-order valence-electron chi connectivity index (χ4n) is 2.87. The van der Waals surface area contributed by atoms with Crippen molar-refractivity contribution in [2.45, 2.75) is 45.0 Å². The fourth-order valence-corrected chi connectivity index (χ4v) is 3.13. The maximum absolute atomic E-state index is 16.6. The molecule has 0 spiro atoms. The van der Waals surface area contributed by atoms with Crippen LogP contribution in [0.25, 0.3) is 0 Å². The first-order valence-electron chi connectivity index (χ1n) is 9.70. The summed E-state index contributed by atoms with van der Waals surface area (Å²) in [4.78, 5) is 38.6. The van der Waals surface area contributed by atoms with Crippen LogP contribution >= 0.6 is 15.9 Å². The molecule has 1 N–H and O–H groups in total. The van der Waals surface area contributed by atoms with Gasteiger partial charge in [-0.1, -0.05) is 58.4 Å². The molecule has 2 aromatic carbocycles. The summed E-state index contributed by atoms with van der Waals surface area (Å²) in [6, 6.07) is 12.1. The first-order valence-corrected chi connectivity index (χ1v) is 10.5. The number of rotatable bonds is 7. The average Bonchev–Trinajstić information content (AvgIpc) is 2.71. The lowest BCUT2D eigenvalue weighted by Crippen LogP contribution is -2.55. The zero-order valence-corrected chi connectivity index (χ0v) is 19.4. The Balaban J connectivity index is 2.61. The number of hydrogen-bond acceptors (Lipinski definition) is 5. The number of benzene rings is 2. The molecular weight excluding hydrogens is 469 g/mol. The first kappa shape index (κ1) is 24.5.